The van der Waals surface area contributed by atoms with E-state index in [1.807, 2.05) is 11.2 Å². The van der Waals surface area contributed by atoms with Crippen molar-refractivity contribution in [2.75, 3.05) is 37.3 Å². The lowest BCUT2D eigenvalue weighted by molar-refractivity contribution is 0.0747. The number of carbonyl (C=O) groups is 2. The van der Waals surface area contributed by atoms with Crippen LogP contribution in [0.3, 0.4) is 0 Å². The Hall–Kier alpha value is -3.26. The Labute approximate surface area is 200 Å². The maximum Gasteiger partial charge on any atom is 0.254 e. The molecule has 1 heterocycles. The summed E-state index contributed by atoms with van der Waals surface area (Å²) in [5, 5.41) is 0. The van der Waals surface area contributed by atoms with Gasteiger partial charge in [-0.15, -0.1) is 11.8 Å². The van der Waals surface area contributed by atoms with Gasteiger partial charge in [-0.2, -0.15) is 0 Å². The number of benzene rings is 3. The standard InChI is InChI=1S/C26H23F3N2O2S/c1-16(32)17-3-8-25(24(29)13-17)30-9-11-31(12-10-30)26(33)22-15-19(34-2)5-7-20(22)21-6-4-18(27)14-23(21)28/h3-8,13-15H,9-12H2,1-2H3. The zero-order valence-electron chi connectivity index (χ0n) is 18.8. The molecule has 0 aromatic heterocycles. The molecular weight excluding hydrogens is 461 g/mol. The first kappa shape index (κ1) is 23.9. The topological polar surface area (TPSA) is 40.6 Å². The molecule has 0 bridgehead atoms. The molecule has 0 radical (unpaired) electrons. The fraction of sp³-hybridized carbons (Fsp3) is 0.231. The van der Waals surface area contributed by atoms with Crippen LogP contribution in [0, 0.1) is 17.5 Å². The van der Waals surface area contributed by atoms with Gasteiger partial charge >= 0.3 is 0 Å². The number of ketones is 1. The summed E-state index contributed by atoms with van der Waals surface area (Å²) < 4.78 is 42.5. The van der Waals surface area contributed by atoms with E-state index in [2.05, 4.69) is 0 Å². The van der Waals surface area contributed by atoms with Gasteiger partial charge in [0.2, 0.25) is 0 Å². The number of carbonyl (C=O) groups excluding carboxylic acids is 2. The molecule has 0 saturated carbocycles. The number of piperazine rings is 1. The highest BCUT2D eigenvalue weighted by Gasteiger charge is 2.26. The Kier molecular flexibility index (Phi) is 6.97. The van der Waals surface area contributed by atoms with Gasteiger partial charge in [-0.25, -0.2) is 13.2 Å². The van der Waals surface area contributed by atoms with Crippen LogP contribution in [0.2, 0.25) is 0 Å². The van der Waals surface area contributed by atoms with Gasteiger partial charge in [0.1, 0.15) is 17.5 Å². The molecule has 1 aliphatic heterocycles. The number of hydrogen-bond acceptors (Lipinski definition) is 4. The van der Waals surface area contributed by atoms with E-state index in [9.17, 15) is 22.8 Å². The van der Waals surface area contributed by atoms with Gasteiger partial charge in [0.25, 0.3) is 5.91 Å². The Morgan fingerprint density at radius 1 is 0.824 bits per heavy atom. The summed E-state index contributed by atoms with van der Waals surface area (Å²) in [6.45, 7) is 2.90. The minimum Gasteiger partial charge on any atom is -0.366 e. The number of nitrogens with zero attached hydrogens (tertiary/aromatic N) is 2. The van der Waals surface area contributed by atoms with Crippen molar-refractivity contribution in [3.63, 3.8) is 0 Å². The smallest absolute Gasteiger partial charge is 0.254 e. The Morgan fingerprint density at radius 2 is 1.53 bits per heavy atom. The maximum atomic E-state index is 14.6. The highest BCUT2D eigenvalue weighted by molar-refractivity contribution is 7.98. The second-order valence-electron chi connectivity index (χ2n) is 8.04. The second kappa shape index (κ2) is 9.93. The lowest BCUT2D eigenvalue weighted by atomic mass is 9.98. The van der Waals surface area contributed by atoms with Crippen LogP contribution in [0.5, 0.6) is 0 Å². The van der Waals surface area contributed by atoms with Gasteiger partial charge < -0.3 is 9.80 Å². The van der Waals surface area contributed by atoms with Crippen LogP contribution in [0.1, 0.15) is 27.6 Å². The summed E-state index contributed by atoms with van der Waals surface area (Å²) in [6, 6.07) is 12.9. The number of rotatable bonds is 5. The monoisotopic (exact) mass is 484 g/mol. The summed E-state index contributed by atoms with van der Waals surface area (Å²) in [5.41, 5.74) is 1.58. The fourth-order valence-corrected chi connectivity index (χ4v) is 4.51. The van der Waals surface area contributed by atoms with Gasteiger partial charge in [0.15, 0.2) is 5.78 Å². The van der Waals surface area contributed by atoms with E-state index in [4.69, 9.17) is 0 Å². The predicted octanol–water partition coefficient (Wildman–Crippen LogP) is 5.66. The zero-order valence-corrected chi connectivity index (χ0v) is 19.6. The van der Waals surface area contributed by atoms with E-state index < -0.39 is 17.5 Å². The quantitative estimate of drug-likeness (QED) is 0.346. The lowest BCUT2D eigenvalue weighted by Gasteiger charge is -2.36. The Morgan fingerprint density at radius 3 is 2.15 bits per heavy atom. The molecule has 0 unspecified atom stereocenters. The van der Waals surface area contributed by atoms with Crippen molar-refractivity contribution < 1.29 is 22.8 Å². The number of thioether (sulfide) groups is 1. The normalized spacial score (nSPS) is 13.8. The molecule has 1 fully saturated rings. The zero-order chi connectivity index (χ0) is 24.4. The van der Waals surface area contributed by atoms with Crippen molar-refractivity contribution in [2.45, 2.75) is 11.8 Å². The van der Waals surface area contributed by atoms with E-state index in [-0.39, 0.29) is 17.3 Å². The molecule has 176 valence electrons. The number of halogens is 3. The van der Waals surface area contributed by atoms with Crippen molar-refractivity contribution in [2.24, 2.45) is 0 Å². The van der Waals surface area contributed by atoms with Crippen LogP contribution in [-0.4, -0.2) is 49.0 Å². The van der Waals surface area contributed by atoms with Crippen LogP contribution < -0.4 is 4.90 Å². The molecular formula is C26H23F3N2O2S. The average molecular weight is 485 g/mol. The summed E-state index contributed by atoms with van der Waals surface area (Å²) >= 11 is 1.46. The highest BCUT2D eigenvalue weighted by Crippen LogP contribution is 2.31. The van der Waals surface area contributed by atoms with Crippen LogP contribution in [0.15, 0.2) is 59.5 Å². The second-order valence-corrected chi connectivity index (χ2v) is 8.92. The maximum absolute atomic E-state index is 14.6. The molecule has 3 aromatic rings. The average Bonchev–Trinajstić information content (AvgIpc) is 2.83. The third-order valence-electron chi connectivity index (χ3n) is 5.94. The van der Waals surface area contributed by atoms with Gasteiger partial charge in [0.05, 0.1) is 5.69 Å². The minimum atomic E-state index is -0.736. The molecule has 0 aliphatic carbocycles. The molecule has 0 spiro atoms. The Balaban J connectivity index is 1.57. The van der Waals surface area contributed by atoms with Crippen LogP contribution in [0.4, 0.5) is 18.9 Å². The molecule has 4 rings (SSSR count). The fourth-order valence-electron chi connectivity index (χ4n) is 4.07. The summed E-state index contributed by atoms with van der Waals surface area (Å²) in [6.07, 6.45) is 1.88. The first-order chi connectivity index (χ1) is 16.3. The van der Waals surface area contributed by atoms with E-state index in [1.54, 1.807) is 35.2 Å². The van der Waals surface area contributed by atoms with E-state index in [0.29, 0.717) is 48.6 Å². The van der Waals surface area contributed by atoms with Crippen molar-refractivity contribution >= 4 is 29.1 Å². The number of hydrogen-bond donors (Lipinski definition) is 0. The first-order valence-corrected chi connectivity index (χ1v) is 12.0. The summed E-state index contributed by atoms with van der Waals surface area (Å²) in [4.78, 5) is 29.3. The molecule has 4 nitrogen and oxygen atoms in total. The number of Topliss-reactive ketones (excluding diaryl/α,β-unsaturated/α-hetero) is 1. The number of amides is 1. The highest BCUT2D eigenvalue weighted by atomic mass is 32.2. The molecule has 8 heteroatoms. The van der Waals surface area contributed by atoms with E-state index >= 15 is 0 Å². The summed E-state index contributed by atoms with van der Waals surface area (Å²) in [5.74, 6) is -2.37. The first-order valence-electron chi connectivity index (χ1n) is 10.8. The third kappa shape index (κ3) is 4.82. The molecule has 1 aliphatic rings. The van der Waals surface area contributed by atoms with Gasteiger partial charge in [0, 0.05) is 53.8 Å². The molecule has 1 amide bonds. The van der Waals surface area contributed by atoms with Crippen LogP contribution >= 0.6 is 11.8 Å². The number of anilines is 1. The van der Waals surface area contributed by atoms with Crippen molar-refractivity contribution in [3.8, 4) is 11.1 Å². The SMILES string of the molecule is CSc1ccc(-c2ccc(F)cc2F)c(C(=O)N2CCN(c3ccc(C(C)=O)cc3F)CC2)c1. The van der Waals surface area contributed by atoms with Crippen molar-refractivity contribution in [1.82, 2.24) is 4.90 Å². The molecule has 0 N–H and O–H groups in total. The van der Waals surface area contributed by atoms with Gasteiger partial charge in [-0.1, -0.05) is 6.07 Å². The molecule has 1 saturated heterocycles. The van der Waals surface area contributed by atoms with Crippen LogP contribution in [0.25, 0.3) is 11.1 Å². The van der Waals surface area contributed by atoms with E-state index in [1.165, 1.54) is 36.9 Å². The molecule has 34 heavy (non-hydrogen) atoms. The van der Waals surface area contributed by atoms with Crippen LogP contribution in [-0.2, 0) is 0 Å². The van der Waals surface area contributed by atoms with Gasteiger partial charge in [-0.3, -0.25) is 9.59 Å². The largest absolute Gasteiger partial charge is 0.366 e. The Bertz CT molecular complexity index is 1260. The molecule has 3 aromatic carbocycles. The van der Waals surface area contributed by atoms with Gasteiger partial charge in [-0.05, 0) is 61.2 Å². The predicted molar refractivity (Wildman–Crippen MR) is 128 cm³/mol. The third-order valence-corrected chi connectivity index (χ3v) is 6.67. The van der Waals surface area contributed by atoms with Crippen molar-refractivity contribution in [1.29, 1.82) is 0 Å². The van der Waals surface area contributed by atoms with E-state index in [0.717, 1.165) is 11.0 Å². The minimum absolute atomic E-state index is 0.156. The summed E-state index contributed by atoms with van der Waals surface area (Å²) in [7, 11) is 0. The molecule has 0 atom stereocenters. The lowest BCUT2D eigenvalue weighted by Crippen LogP contribution is -2.49. The van der Waals surface area contributed by atoms with Crippen molar-refractivity contribution in [3.05, 3.63) is 83.2 Å².